The van der Waals surface area contributed by atoms with E-state index in [1.165, 1.54) is 17.2 Å². The highest BCUT2D eigenvalue weighted by molar-refractivity contribution is 7.99. The number of cyclic esters (lactones) is 1. The van der Waals surface area contributed by atoms with Gasteiger partial charge in [0.25, 0.3) is 0 Å². The second-order valence-electron chi connectivity index (χ2n) is 6.85. The highest BCUT2D eigenvalue weighted by Crippen LogP contribution is 2.40. The van der Waals surface area contributed by atoms with Gasteiger partial charge in [-0.1, -0.05) is 11.2 Å². The molecule has 0 aliphatic carbocycles. The van der Waals surface area contributed by atoms with Crippen molar-refractivity contribution in [2.45, 2.75) is 24.4 Å². The van der Waals surface area contributed by atoms with Crippen LogP contribution in [-0.4, -0.2) is 41.9 Å². The molecule has 2 saturated heterocycles. The van der Waals surface area contributed by atoms with E-state index in [0.717, 1.165) is 11.5 Å². The van der Waals surface area contributed by atoms with E-state index in [-0.39, 0.29) is 0 Å². The average molecular weight is 402 g/mol. The van der Waals surface area contributed by atoms with Crippen LogP contribution in [0.3, 0.4) is 0 Å². The van der Waals surface area contributed by atoms with Crippen LogP contribution >= 0.6 is 11.8 Å². The highest BCUT2D eigenvalue weighted by atomic mass is 32.2. The summed E-state index contributed by atoms with van der Waals surface area (Å²) in [6.45, 7) is 0.660. The summed E-state index contributed by atoms with van der Waals surface area (Å²) < 4.78 is 25.0. The van der Waals surface area contributed by atoms with E-state index in [1.807, 2.05) is 0 Å². The number of carbonyl (C=O) groups is 1. The summed E-state index contributed by atoms with van der Waals surface area (Å²) in [6, 6.07) is 8.64. The van der Waals surface area contributed by atoms with Gasteiger partial charge < -0.3 is 14.6 Å². The van der Waals surface area contributed by atoms with E-state index < -0.39 is 23.4 Å². The monoisotopic (exact) mass is 402 g/mol. The average Bonchev–Trinajstić information content (AvgIpc) is 3.36. The summed E-state index contributed by atoms with van der Waals surface area (Å²) >= 11 is 1.78. The maximum absolute atomic E-state index is 14.9. The third-order valence-corrected chi connectivity index (χ3v) is 6.15. The lowest BCUT2D eigenvalue weighted by Gasteiger charge is -2.31. The molecule has 2 aromatic rings. The van der Waals surface area contributed by atoms with Gasteiger partial charge in [-0.05, 0) is 36.5 Å². The highest BCUT2D eigenvalue weighted by Gasteiger charge is 2.38. The van der Waals surface area contributed by atoms with Crippen molar-refractivity contribution in [2.75, 3.05) is 34.8 Å². The Hall–Kier alpha value is -2.73. The zero-order chi connectivity index (χ0) is 19.6. The Morgan fingerprint density at radius 1 is 1.39 bits per heavy atom. The van der Waals surface area contributed by atoms with Crippen molar-refractivity contribution >= 4 is 29.4 Å². The summed E-state index contributed by atoms with van der Waals surface area (Å²) in [6.07, 6.45) is 1.78. The number of thioether (sulfide) groups is 1. The van der Waals surface area contributed by atoms with Crippen molar-refractivity contribution in [1.29, 1.82) is 5.26 Å². The van der Waals surface area contributed by atoms with Gasteiger partial charge in [0, 0.05) is 11.6 Å². The molecule has 0 radical (unpaired) electrons. The number of benzene rings is 1. The summed E-state index contributed by atoms with van der Waals surface area (Å²) in [4.78, 5) is 13.6. The zero-order valence-electron chi connectivity index (χ0n) is 15.1. The van der Waals surface area contributed by atoms with Gasteiger partial charge in [-0.15, -0.1) is 0 Å². The van der Waals surface area contributed by atoms with Crippen LogP contribution in [0.2, 0.25) is 0 Å². The molecule has 0 bridgehead atoms. The van der Waals surface area contributed by atoms with Gasteiger partial charge in [0.05, 0.1) is 30.3 Å². The molecule has 3 heterocycles. The van der Waals surface area contributed by atoms with Crippen molar-refractivity contribution in [3.63, 3.8) is 0 Å². The predicted molar refractivity (Wildman–Crippen MR) is 103 cm³/mol. The van der Waals surface area contributed by atoms with Crippen molar-refractivity contribution in [2.24, 2.45) is 0 Å². The fourth-order valence-corrected chi connectivity index (χ4v) is 4.77. The first kappa shape index (κ1) is 18.6. The molecule has 0 saturated carbocycles. The first-order valence-electron chi connectivity index (χ1n) is 9.03. The second-order valence-corrected chi connectivity index (χ2v) is 8.08. The van der Waals surface area contributed by atoms with Crippen LogP contribution in [0.1, 0.15) is 18.4 Å². The minimum Gasteiger partial charge on any atom is -0.442 e. The topological polar surface area (TPSA) is 91.4 Å². The molecule has 2 aliphatic heterocycles. The van der Waals surface area contributed by atoms with Gasteiger partial charge in [-0.25, -0.2) is 9.18 Å². The summed E-state index contributed by atoms with van der Waals surface area (Å²) in [5.74, 6) is 1.78. The number of nitrogens with zero attached hydrogens (tertiary/aromatic N) is 3. The van der Waals surface area contributed by atoms with E-state index in [2.05, 4.69) is 16.5 Å². The number of aromatic nitrogens is 1. The van der Waals surface area contributed by atoms with Crippen molar-refractivity contribution in [3.8, 4) is 6.07 Å². The van der Waals surface area contributed by atoms with E-state index in [0.29, 0.717) is 43.0 Å². The number of anilines is 2. The summed E-state index contributed by atoms with van der Waals surface area (Å²) in [5.41, 5.74) is 0.0491. The Kier molecular flexibility index (Phi) is 5.13. The number of rotatable bonds is 5. The summed E-state index contributed by atoms with van der Waals surface area (Å²) in [7, 11) is 0. The molecule has 1 amide bonds. The van der Waals surface area contributed by atoms with E-state index in [1.54, 1.807) is 30.0 Å². The van der Waals surface area contributed by atoms with Gasteiger partial charge >= 0.3 is 6.09 Å². The fourth-order valence-electron chi connectivity index (χ4n) is 3.58. The standard InChI is InChI=1S/C19H19FN4O3S/c20-16-9-13(1-2-15(16)19(12-21)4-7-28-8-5-19)24-11-14(27-18(24)25)10-22-17-3-6-26-23-17/h1-3,6,9,14H,4-5,7-8,10-11H2,(H,22,23)/t14-/m0/s1. The Morgan fingerprint density at radius 2 is 2.21 bits per heavy atom. The third kappa shape index (κ3) is 3.52. The Balaban J connectivity index is 1.48. The first-order chi connectivity index (χ1) is 13.6. The molecule has 1 N–H and O–H groups in total. The van der Waals surface area contributed by atoms with E-state index >= 15 is 0 Å². The maximum Gasteiger partial charge on any atom is 0.414 e. The lowest BCUT2D eigenvalue weighted by molar-refractivity contribution is 0.147. The van der Waals surface area contributed by atoms with E-state index in [9.17, 15) is 14.4 Å². The smallest absolute Gasteiger partial charge is 0.414 e. The zero-order valence-corrected chi connectivity index (χ0v) is 15.9. The lowest BCUT2D eigenvalue weighted by atomic mass is 9.76. The molecule has 9 heteroatoms. The number of ether oxygens (including phenoxy) is 1. The maximum atomic E-state index is 14.9. The van der Waals surface area contributed by atoms with Gasteiger partial charge in [0.1, 0.15) is 18.2 Å². The van der Waals surface area contributed by atoms with Crippen molar-refractivity contribution < 1.29 is 18.4 Å². The number of hydrogen-bond donors (Lipinski definition) is 1. The number of hydrogen-bond acceptors (Lipinski definition) is 7. The SMILES string of the molecule is N#CC1(c2ccc(N3C[C@H](CNc4ccon4)OC3=O)cc2F)CCSCC1. The predicted octanol–water partition coefficient (Wildman–Crippen LogP) is 3.54. The summed E-state index contributed by atoms with van der Waals surface area (Å²) in [5, 5.41) is 16.4. The largest absolute Gasteiger partial charge is 0.442 e. The molecule has 1 aromatic heterocycles. The molecule has 7 nitrogen and oxygen atoms in total. The number of carbonyl (C=O) groups excluding carboxylic acids is 1. The third-order valence-electron chi connectivity index (χ3n) is 5.16. The number of nitriles is 1. The quantitative estimate of drug-likeness (QED) is 0.818. The van der Waals surface area contributed by atoms with Crippen LogP contribution in [0.25, 0.3) is 0 Å². The lowest BCUT2D eigenvalue weighted by Crippen LogP contribution is -2.31. The minimum absolute atomic E-state index is 0.294. The van der Waals surface area contributed by atoms with Crippen LogP contribution in [0.5, 0.6) is 0 Å². The molecule has 1 atom stereocenters. The number of halogens is 1. The Bertz CT molecular complexity index is 893. The molecular formula is C19H19FN4O3S. The molecule has 146 valence electrons. The van der Waals surface area contributed by atoms with Gasteiger partial charge in [0.15, 0.2) is 5.82 Å². The molecule has 4 rings (SSSR count). The molecule has 0 spiro atoms. The number of amides is 1. The first-order valence-corrected chi connectivity index (χ1v) is 10.2. The Labute approximate surface area is 165 Å². The molecule has 0 unspecified atom stereocenters. The molecule has 1 aromatic carbocycles. The molecule has 2 aliphatic rings. The van der Waals surface area contributed by atoms with E-state index in [4.69, 9.17) is 9.26 Å². The van der Waals surface area contributed by atoms with Crippen LogP contribution in [0.4, 0.5) is 20.7 Å². The van der Waals surface area contributed by atoms with Gasteiger partial charge in [0.2, 0.25) is 0 Å². The normalized spacial score (nSPS) is 21.2. The fraction of sp³-hybridized carbons (Fsp3) is 0.421. The van der Waals surface area contributed by atoms with Gasteiger partial charge in [-0.3, -0.25) is 4.90 Å². The van der Waals surface area contributed by atoms with Crippen LogP contribution in [-0.2, 0) is 10.2 Å². The van der Waals surface area contributed by atoms with Crippen LogP contribution < -0.4 is 10.2 Å². The molecule has 28 heavy (non-hydrogen) atoms. The number of nitrogens with one attached hydrogen (secondary N) is 1. The molecule has 2 fully saturated rings. The second kappa shape index (κ2) is 7.72. The van der Waals surface area contributed by atoms with Crippen molar-refractivity contribution in [1.82, 2.24) is 5.16 Å². The van der Waals surface area contributed by atoms with Crippen LogP contribution in [0, 0.1) is 17.1 Å². The van der Waals surface area contributed by atoms with Crippen LogP contribution in [0.15, 0.2) is 35.1 Å². The van der Waals surface area contributed by atoms with Gasteiger partial charge in [-0.2, -0.15) is 17.0 Å². The molecular weight excluding hydrogens is 383 g/mol. The minimum atomic E-state index is -0.788. The Morgan fingerprint density at radius 3 is 2.89 bits per heavy atom. The van der Waals surface area contributed by atoms with Crippen molar-refractivity contribution in [3.05, 3.63) is 41.9 Å².